The van der Waals surface area contributed by atoms with Gasteiger partial charge in [-0.1, -0.05) is 62.4 Å². The summed E-state index contributed by atoms with van der Waals surface area (Å²) in [7, 11) is 0. The van der Waals surface area contributed by atoms with Gasteiger partial charge >= 0.3 is 0 Å². The average molecular weight is 319 g/mol. The van der Waals surface area contributed by atoms with Crippen molar-refractivity contribution in [3.63, 3.8) is 0 Å². The Hall–Kier alpha value is -2.55. The fraction of sp³-hybridized carbons (Fsp3) is 0.286. The standard InChI is InChI=1S/C21H21NO2/c1-21(2)13-17(23)19-18(14-21)24-22(16-11-7-4-8-12-16)20(19)15-9-5-3-6-10-15/h3-12,20H,13-14H2,1-2H3. The zero-order valence-corrected chi connectivity index (χ0v) is 14.0. The fourth-order valence-corrected chi connectivity index (χ4v) is 3.67. The van der Waals surface area contributed by atoms with E-state index >= 15 is 0 Å². The van der Waals surface area contributed by atoms with Crippen LogP contribution in [0.5, 0.6) is 0 Å². The van der Waals surface area contributed by atoms with Crippen LogP contribution >= 0.6 is 0 Å². The predicted molar refractivity (Wildman–Crippen MR) is 94.2 cm³/mol. The number of carbonyl (C=O) groups excluding carboxylic acids is 1. The molecule has 3 nitrogen and oxygen atoms in total. The van der Waals surface area contributed by atoms with Crippen molar-refractivity contribution in [3.05, 3.63) is 77.6 Å². The van der Waals surface area contributed by atoms with Crippen LogP contribution in [0.1, 0.15) is 38.3 Å². The van der Waals surface area contributed by atoms with E-state index in [1.807, 2.05) is 53.6 Å². The third kappa shape index (κ3) is 2.50. The molecule has 2 aliphatic rings. The van der Waals surface area contributed by atoms with Gasteiger partial charge in [0.1, 0.15) is 11.8 Å². The smallest absolute Gasteiger partial charge is 0.165 e. The Morgan fingerprint density at radius 1 is 0.958 bits per heavy atom. The van der Waals surface area contributed by atoms with Gasteiger partial charge in [0.15, 0.2) is 5.78 Å². The summed E-state index contributed by atoms with van der Waals surface area (Å²) in [6.07, 6.45) is 1.36. The molecule has 0 fully saturated rings. The SMILES string of the molecule is CC1(C)CC(=O)C2=C(C1)ON(c1ccccc1)C2c1ccccc1. The molecule has 0 saturated heterocycles. The lowest BCUT2D eigenvalue weighted by Crippen LogP contribution is -2.27. The second kappa shape index (κ2) is 5.52. The van der Waals surface area contributed by atoms with Crippen LogP contribution in [0.3, 0.4) is 0 Å². The van der Waals surface area contributed by atoms with E-state index in [-0.39, 0.29) is 17.2 Å². The third-order valence-corrected chi connectivity index (χ3v) is 4.72. The molecule has 0 spiro atoms. The van der Waals surface area contributed by atoms with Crippen LogP contribution in [-0.2, 0) is 9.63 Å². The number of benzene rings is 2. The number of Topliss-reactive ketones (excluding diaryl/α,β-unsaturated/α-hetero) is 1. The molecule has 3 heteroatoms. The van der Waals surface area contributed by atoms with E-state index in [1.165, 1.54) is 0 Å². The molecule has 1 atom stereocenters. The van der Waals surface area contributed by atoms with Crippen molar-refractivity contribution in [2.45, 2.75) is 32.7 Å². The van der Waals surface area contributed by atoms with Gasteiger partial charge in [-0.15, -0.1) is 0 Å². The molecule has 2 aromatic rings. The largest absolute Gasteiger partial charge is 0.383 e. The minimum atomic E-state index is -0.174. The number of rotatable bonds is 2. The van der Waals surface area contributed by atoms with E-state index in [2.05, 4.69) is 26.0 Å². The van der Waals surface area contributed by atoms with E-state index in [0.717, 1.165) is 29.0 Å². The van der Waals surface area contributed by atoms with Crippen molar-refractivity contribution in [3.8, 4) is 0 Å². The van der Waals surface area contributed by atoms with Crippen LogP contribution in [0.25, 0.3) is 0 Å². The summed E-state index contributed by atoms with van der Waals surface area (Å²) >= 11 is 0. The van der Waals surface area contributed by atoms with Gasteiger partial charge in [-0.05, 0) is 23.1 Å². The molecule has 2 aromatic carbocycles. The van der Waals surface area contributed by atoms with Crippen molar-refractivity contribution in [1.29, 1.82) is 0 Å². The highest BCUT2D eigenvalue weighted by atomic mass is 16.7. The van der Waals surface area contributed by atoms with Gasteiger partial charge in [0.05, 0.1) is 11.3 Å². The number of nitrogens with zero attached hydrogens (tertiary/aromatic N) is 1. The minimum Gasteiger partial charge on any atom is -0.383 e. The molecule has 24 heavy (non-hydrogen) atoms. The lowest BCUT2D eigenvalue weighted by atomic mass is 9.74. The molecule has 0 N–H and O–H groups in total. The fourth-order valence-electron chi connectivity index (χ4n) is 3.67. The Morgan fingerprint density at radius 2 is 1.58 bits per heavy atom. The number of hydrogen-bond acceptors (Lipinski definition) is 3. The Bertz CT molecular complexity index is 793. The Balaban J connectivity index is 1.82. The topological polar surface area (TPSA) is 29.5 Å². The normalized spacial score (nSPS) is 22.3. The van der Waals surface area contributed by atoms with Crippen molar-refractivity contribution in [1.82, 2.24) is 0 Å². The number of ketones is 1. The van der Waals surface area contributed by atoms with Crippen LogP contribution in [0.4, 0.5) is 5.69 Å². The van der Waals surface area contributed by atoms with E-state index in [0.29, 0.717) is 6.42 Å². The first-order valence-electron chi connectivity index (χ1n) is 8.39. The predicted octanol–water partition coefficient (Wildman–Crippen LogP) is 4.82. The zero-order chi connectivity index (χ0) is 16.7. The molecule has 1 aliphatic carbocycles. The van der Waals surface area contributed by atoms with Crippen LogP contribution in [0.2, 0.25) is 0 Å². The first kappa shape index (κ1) is 15.0. The summed E-state index contributed by atoms with van der Waals surface area (Å²) in [5, 5.41) is 1.89. The van der Waals surface area contributed by atoms with Crippen LogP contribution in [0.15, 0.2) is 72.0 Å². The van der Waals surface area contributed by atoms with Gasteiger partial charge in [0.25, 0.3) is 0 Å². The van der Waals surface area contributed by atoms with E-state index in [1.54, 1.807) is 0 Å². The maximum atomic E-state index is 12.9. The van der Waals surface area contributed by atoms with E-state index < -0.39 is 0 Å². The van der Waals surface area contributed by atoms with Crippen LogP contribution in [-0.4, -0.2) is 5.78 Å². The Kier molecular flexibility index (Phi) is 3.45. The number of para-hydroxylation sites is 1. The number of hydroxylamine groups is 1. The summed E-state index contributed by atoms with van der Waals surface area (Å²) in [5.41, 5.74) is 2.82. The number of allylic oxidation sites excluding steroid dienone is 1. The molecule has 1 heterocycles. The molecule has 0 bridgehead atoms. The first-order chi connectivity index (χ1) is 11.6. The lowest BCUT2D eigenvalue weighted by Gasteiger charge is -2.28. The summed E-state index contributed by atoms with van der Waals surface area (Å²) in [6, 6.07) is 20.0. The zero-order valence-electron chi connectivity index (χ0n) is 14.0. The van der Waals surface area contributed by atoms with Gasteiger partial charge in [-0.2, -0.15) is 5.06 Å². The Labute approximate surface area is 142 Å². The van der Waals surface area contributed by atoms with Gasteiger partial charge in [0.2, 0.25) is 0 Å². The Morgan fingerprint density at radius 3 is 2.25 bits per heavy atom. The van der Waals surface area contributed by atoms with E-state index in [4.69, 9.17) is 4.84 Å². The highest BCUT2D eigenvalue weighted by molar-refractivity contribution is 5.99. The van der Waals surface area contributed by atoms with Gasteiger partial charge in [0, 0.05) is 12.8 Å². The maximum absolute atomic E-state index is 12.9. The monoisotopic (exact) mass is 319 g/mol. The van der Waals surface area contributed by atoms with Gasteiger partial charge in [-0.3, -0.25) is 4.79 Å². The summed E-state index contributed by atoms with van der Waals surface area (Å²) in [5.74, 6) is 1.03. The minimum absolute atomic E-state index is 0.0517. The highest BCUT2D eigenvalue weighted by Gasteiger charge is 2.45. The second-order valence-electron chi connectivity index (χ2n) is 7.34. The molecule has 1 aliphatic heterocycles. The van der Waals surface area contributed by atoms with Crippen LogP contribution < -0.4 is 5.06 Å². The summed E-state index contributed by atoms with van der Waals surface area (Å²) in [4.78, 5) is 19.1. The number of anilines is 1. The third-order valence-electron chi connectivity index (χ3n) is 4.72. The highest BCUT2D eigenvalue weighted by Crippen LogP contribution is 2.49. The second-order valence-corrected chi connectivity index (χ2v) is 7.34. The quantitative estimate of drug-likeness (QED) is 0.794. The maximum Gasteiger partial charge on any atom is 0.165 e. The van der Waals surface area contributed by atoms with Gasteiger partial charge in [-0.25, -0.2) is 0 Å². The van der Waals surface area contributed by atoms with Crippen molar-refractivity contribution >= 4 is 11.5 Å². The molecule has 1 unspecified atom stereocenters. The first-order valence-corrected chi connectivity index (χ1v) is 8.39. The molecular weight excluding hydrogens is 298 g/mol. The summed E-state index contributed by atoms with van der Waals surface area (Å²) < 4.78 is 0. The molecule has 0 saturated carbocycles. The molecule has 0 amide bonds. The van der Waals surface area contributed by atoms with Crippen molar-refractivity contribution < 1.29 is 9.63 Å². The lowest BCUT2D eigenvalue weighted by molar-refractivity contribution is -0.118. The van der Waals surface area contributed by atoms with Crippen LogP contribution in [0, 0.1) is 5.41 Å². The molecule has 0 radical (unpaired) electrons. The van der Waals surface area contributed by atoms with Crippen molar-refractivity contribution in [2.75, 3.05) is 5.06 Å². The summed E-state index contributed by atoms with van der Waals surface area (Å²) in [6.45, 7) is 4.25. The molecule has 0 aromatic heterocycles. The molecular formula is C21H21NO2. The number of hydrogen-bond donors (Lipinski definition) is 0. The molecule has 122 valence electrons. The van der Waals surface area contributed by atoms with E-state index in [9.17, 15) is 4.79 Å². The number of carbonyl (C=O) groups is 1. The van der Waals surface area contributed by atoms with Crippen molar-refractivity contribution in [2.24, 2.45) is 5.41 Å². The van der Waals surface area contributed by atoms with Gasteiger partial charge < -0.3 is 4.84 Å². The molecule has 4 rings (SSSR count). The average Bonchev–Trinajstić information content (AvgIpc) is 2.94.